The molecule has 0 heterocycles. The van der Waals surface area contributed by atoms with Crippen LogP contribution in [0.15, 0.2) is 72.8 Å². The zero-order valence-electron chi connectivity index (χ0n) is 19.6. The normalized spacial score (nSPS) is 10.5. The van der Waals surface area contributed by atoms with Crippen molar-refractivity contribution in [2.75, 3.05) is 0 Å². The lowest BCUT2D eigenvalue weighted by Crippen LogP contribution is -2.13. The van der Waals surface area contributed by atoms with E-state index in [-0.39, 0.29) is 11.1 Å². The highest BCUT2D eigenvalue weighted by molar-refractivity contribution is 6.12. The largest absolute Gasteiger partial charge is 0.415 e. The molecular formula is C24H12N4O12. The van der Waals surface area contributed by atoms with Crippen LogP contribution in [-0.4, -0.2) is 31.6 Å². The number of esters is 2. The van der Waals surface area contributed by atoms with Crippen molar-refractivity contribution >= 4 is 45.5 Å². The molecule has 0 unspecified atom stereocenters. The summed E-state index contributed by atoms with van der Waals surface area (Å²) in [6.07, 6.45) is 0. The summed E-state index contributed by atoms with van der Waals surface area (Å²) in [5.41, 5.74) is -5.29. The Hall–Kier alpha value is -6.32. The fraction of sp³-hybridized carbons (Fsp3) is 0. The van der Waals surface area contributed by atoms with Crippen molar-refractivity contribution in [3.05, 3.63) is 124 Å². The van der Waals surface area contributed by atoms with Gasteiger partial charge in [-0.1, -0.05) is 36.4 Å². The first kappa shape index (κ1) is 26.7. The zero-order valence-corrected chi connectivity index (χ0v) is 19.6. The van der Waals surface area contributed by atoms with Crippen molar-refractivity contribution in [3.63, 3.8) is 0 Å². The summed E-state index contributed by atoms with van der Waals surface area (Å²) in [4.78, 5) is 68.6. The topological polar surface area (TPSA) is 225 Å². The van der Waals surface area contributed by atoms with Crippen molar-refractivity contribution < 1.29 is 38.8 Å². The molecule has 4 rings (SSSR count). The fourth-order valence-corrected chi connectivity index (χ4v) is 3.72. The summed E-state index contributed by atoms with van der Waals surface area (Å²) in [7, 11) is 0. The van der Waals surface area contributed by atoms with Crippen LogP contribution in [0.4, 0.5) is 22.7 Å². The van der Waals surface area contributed by atoms with Crippen LogP contribution in [0.2, 0.25) is 0 Å². The van der Waals surface area contributed by atoms with E-state index >= 15 is 0 Å². The summed E-state index contributed by atoms with van der Waals surface area (Å²) in [5.74, 6) is -4.74. The summed E-state index contributed by atoms with van der Waals surface area (Å²) in [6.45, 7) is 0. The van der Waals surface area contributed by atoms with E-state index in [1.54, 1.807) is 0 Å². The van der Waals surface area contributed by atoms with Gasteiger partial charge in [-0.25, -0.2) is 9.59 Å². The molecule has 0 aliphatic heterocycles. The predicted octanol–water partition coefficient (Wildman–Crippen LogP) is 4.91. The first-order chi connectivity index (χ1) is 19.0. The number of fused-ring (bicyclic) bond motifs is 1. The average Bonchev–Trinajstić information content (AvgIpc) is 2.93. The van der Waals surface area contributed by atoms with Crippen LogP contribution in [0.5, 0.6) is 11.5 Å². The highest BCUT2D eigenvalue weighted by Crippen LogP contribution is 2.52. The van der Waals surface area contributed by atoms with E-state index in [2.05, 4.69) is 0 Å². The highest BCUT2D eigenvalue weighted by atomic mass is 16.6. The third-order valence-electron chi connectivity index (χ3n) is 5.42. The number of benzene rings is 4. The molecule has 0 atom stereocenters. The molecule has 0 radical (unpaired) electrons. The van der Waals surface area contributed by atoms with Crippen LogP contribution in [0.3, 0.4) is 0 Å². The van der Waals surface area contributed by atoms with Gasteiger partial charge in [-0.05, 0) is 24.3 Å². The SMILES string of the molecule is O=C(Oc1c([N+](=O)[O-])cc([N+](=O)[O-])c2c(OC(=O)c3ccccc3)c([N+](=O)[O-])cc([N+](=O)[O-])c12)c1ccccc1. The van der Waals surface area contributed by atoms with Gasteiger partial charge in [-0.3, -0.25) is 40.5 Å². The third-order valence-corrected chi connectivity index (χ3v) is 5.42. The Balaban J connectivity index is 2.15. The Morgan fingerprint density at radius 1 is 0.500 bits per heavy atom. The monoisotopic (exact) mass is 548 g/mol. The third kappa shape index (κ3) is 4.94. The number of carbonyl (C=O) groups is 2. The van der Waals surface area contributed by atoms with E-state index in [1.165, 1.54) is 60.7 Å². The molecule has 0 saturated carbocycles. The van der Waals surface area contributed by atoms with E-state index < -0.39 is 76.7 Å². The number of ether oxygens (including phenoxy) is 2. The maximum absolute atomic E-state index is 12.8. The van der Waals surface area contributed by atoms with Gasteiger partial charge < -0.3 is 9.47 Å². The molecule has 0 N–H and O–H groups in total. The minimum Gasteiger partial charge on any atom is -0.415 e. The number of nitro benzene ring substituents is 4. The lowest BCUT2D eigenvalue weighted by Gasteiger charge is -2.13. The van der Waals surface area contributed by atoms with Gasteiger partial charge in [0.2, 0.25) is 11.5 Å². The van der Waals surface area contributed by atoms with Crippen molar-refractivity contribution in [3.8, 4) is 11.5 Å². The van der Waals surface area contributed by atoms with Crippen LogP contribution in [0.1, 0.15) is 20.7 Å². The van der Waals surface area contributed by atoms with Crippen molar-refractivity contribution in [1.82, 2.24) is 0 Å². The molecule has 4 aromatic carbocycles. The molecule has 16 heteroatoms. The number of nitrogens with zero attached hydrogens (tertiary/aromatic N) is 4. The van der Waals surface area contributed by atoms with Crippen LogP contribution >= 0.6 is 0 Å². The maximum atomic E-state index is 12.8. The van der Waals surface area contributed by atoms with E-state index in [1.807, 2.05) is 0 Å². The number of carbonyl (C=O) groups excluding carboxylic acids is 2. The average molecular weight is 548 g/mol. The summed E-state index contributed by atoms with van der Waals surface area (Å²) >= 11 is 0. The Labute approximate surface area is 220 Å². The van der Waals surface area contributed by atoms with E-state index in [0.717, 1.165) is 0 Å². The molecule has 0 fully saturated rings. The minimum atomic E-state index is -1.26. The second kappa shape index (κ2) is 10.6. The molecule has 40 heavy (non-hydrogen) atoms. The Morgan fingerprint density at radius 3 is 1.07 bits per heavy atom. The molecule has 200 valence electrons. The van der Waals surface area contributed by atoms with Crippen LogP contribution < -0.4 is 9.47 Å². The van der Waals surface area contributed by atoms with Gasteiger partial charge in [0.1, 0.15) is 10.8 Å². The van der Waals surface area contributed by atoms with Crippen LogP contribution in [-0.2, 0) is 0 Å². The number of non-ortho nitro benzene ring substituents is 2. The van der Waals surface area contributed by atoms with Gasteiger partial charge in [0.15, 0.2) is 0 Å². The second-order valence-corrected chi connectivity index (χ2v) is 7.78. The van der Waals surface area contributed by atoms with Crippen molar-refractivity contribution in [1.29, 1.82) is 0 Å². The molecular weight excluding hydrogens is 536 g/mol. The van der Waals surface area contributed by atoms with Crippen LogP contribution in [0.25, 0.3) is 10.8 Å². The smallest absolute Gasteiger partial charge is 0.343 e. The molecule has 16 nitrogen and oxygen atoms in total. The Morgan fingerprint density at radius 2 is 0.800 bits per heavy atom. The molecule has 0 bridgehead atoms. The molecule has 0 saturated heterocycles. The number of hydrogen-bond acceptors (Lipinski definition) is 12. The first-order valence-electron chi connectivity index (χ1n) is 10.8. The Bertz CT molecular complexity index is 1610. The van der Waals surface area contributed by atoms with Crippen LogP contribution in [0, 0.1) is 40.5 Å². The quantitative estimate of drug-likeness (QED) is 0.124. The number of hydrogen-bond donors (Lipinski definition) is 0. The fourth-order valence-electron chi connectivity index (χ4n) is 3.72. The van der Waals surface area contributed by atoms with Gasteiger partial charge in [0.05, 0.1) is 43.0 Å². The van der Waals surface area contributed by atoms with E-state index in [0.29, 0.717) is 12.1 Å². The lowest BCUT2D eigenvalue weighted by molar-refractivity contribution is -0.396. The predicted molar refractivity (Wildman–Crippen MR) is 133 cm³/mol. The number of rotatable bonds is 8. The summed E-state index contributed by atoms with van der Waals surface area (Å²) in [6, 6.07) is 14.4. The molecule has 0 spiro atoms. The Kier molecular flexibility index (Phi) is 7.07. The first-order valence-corrected chi connectivity index (χ1v) is 10.8. The zero-order chi connectivity index (χ0) is 29.1. The van der Waals surface area contributed by atoms with E-state index in [4.69, 9.17) is 9.47 Å². The van der Waals surface area contributed by atoms with Gasteiger partial charge >= 0.3 is 23.3 Å². The molecule has 0 aliphatic rings. The van der Waals surface area contributed by atoms with Gasteiger partial charge in [0, 0.05) is 0 Å². The van der Waals surface area contributed by atoms with Gasteiger partial charge in [-0.2, -0.15) is 0 Å². The van der Waals surface area contributed by atoms with E-state index in [9.17, 15) is 50.0 Å². The maximum Gasteiger partial charge on any atom is 0.343 e. The minimum absolute atomic E-state index is 0.149. The second-order valence-electron chi connectivity index (χ2n) is 7.78. The molecule has 4 aromatic rings. The summed E-state index contributed by atoms with van der Waals surface area (Å²) < 4.78 is 10.3. The molecule has 0 amide bonds. The lowest BCUT2D eigenvalue weighted by atomic mass is 10.0. The molecule has 0 aromatic heterocycles. The van der Waals surface area contributed by atoms with Gasteiger partial charge in [-0.15, -0.1) is 0 Å². The molecule has 0 aliphatic carbocycles. The highest BCUT2D eigenvalue weighted by Gasteiger charge is 2.40. The standard InChI is InChI=1S/C24H12N4O12/c29-23(13-7-3-1-4-8-13)39-21-17(27(35)36)11-16(26(33)34)20-19(21)15(25(31)32)12-18(28(37)38)22(20)40-24(30)14-9-5-2-6-10-14/h1-12H. The van der Waals surface area contributed by atoms with Crippen molar-refractivity contribution in [2.24, 2.45) is 0 Å². The number of nitro groups is 4. The van der Waals surface area contributed by atoms with Crippen molar-refractivity contribution in [2.45, 2.75) is 0 Å². The summed E-state index contributed by atoms with van der Waals surface area (Å²) in [5, 5.41) is 45.7. The van der Waals surface area contributed by atoms with Gasteiger partial charge in [0.25, 0.3) is 11.4 Å².